The van der Waals surface area contributed by atoms with Crippen molar-refractivity contribution >= 4 is 48.7 Å². The Labute approximate surface area is 110 Å². The van der Waals surface area contributed by atoms with Gasteiger partial charge in [-0.25, -0.2) is 0 Å². The Morgan fingerprint density at radius 1 is 1.53 bits per heavy atom. The second-order valence-corrected chi connectivity index (χ2v) is 3.97. The quantitative estimate of drug-likeness (QED) is 0.382. The number of halogens is 1. The summed E-state index contributed by atoms with van der Waals surface area (Å²) in [6.07, 6.45) is 3.35. The molecule has 2 nitrogen and oxygen atoms in total. The van der Waals surface area contributed by atoms with E-state index in [0.29, 0.717) is 22.8 Å². The summed E-state index contributed by atoms with van der Waals surface area (Å²) < 4.78 is 0. The molecule has 4 heteroatoms. The lowest BCUT2D eigenvalue weighted by Crippen LogP contribution is -2.11. The number of nitrogens with two attached hydrogens (primary N) is 1. The van der Waals surface area contributed by atoms with Gasteiger partial charge in [-0.15, -0.1) is 24.0 Å². The summed E-state index contributed by atoms with van der Waals surface area (Å²) in [5.41, 5.74) is 8.55. The molecule has 80 valence electrons. The fourth-order valence-corrected chi connectivity index (χ4v) is 1.56. The Morgan fingerprint density at radius 3 is 2.80 bits per heavy atom. The van der Waals surface area contributed by atoms with E-state index in [-0.39, 0.29) is 25.4 Å². The fourth-order valence-electron chi connectivity index (χ4n) is 1.56. The highest BCUT2D eigenvalue weighted by molar-refractivity contribution is 14.0. The van der Waals surface area contributed by atoms with Crippen molar-refractivity contribution in [1.82, 2.24) is 0 Å². The maximum absolute atomic E-state index is 7.90. The molecule has 0 spiro atoms. The van der Waals surface area contributed by atoms with E-state index in [1.807, 2.05) is 0 Å². The van der Waals surface area contributed by atoms with Crippen LogP contribution < -0.4 is 11.2 Å². The number of rotatable bonds is 3. The van der Waals surface area contributed by atoms with E-state index in [9.17, 15) is 0 Å². The van der Waals surface area contributed by atoms with E-state index in [2.05, 4.69) is 0 Å². The van der Waals surface area contributed by atoms with Gasteiger partial charge in [0.15, 0.2) is 0 Å². The van der Waals surface area contributed by atoms with E-state index in [1.54, 1.807) is 18.2 Å². The molecule has 15 heavy (non-hydrogen) atoms. The molecule has 0 aromatic heterocycles. The molecule has 1 saturated carbocycles. The van der Waals surface area contributed by atoms with Gasteiger partial charge in [0, 0.05) is 18.4 Å². The van der Waals surface area contributed by atoms with Gasteiger partial charge in [0.05, 0.1) is 0 Å². The molecule has 0 bridgehead atoms. The monoisotopic (exact) mass is 314 g/mol. The average molecular weight is 314 g/mol. The molecule has 1 aliphatic carbocycles. The van der Waals surface area contributed by atoms with Crippen LogP contribution >= 0.6 is 24.0 Å². The lowest BCUT2D eigenvalue weighted by Gasteiger charge is -2.07. The van der Waals surface area contributed by atoms with Crippen LogP contribution in [0.25, 0.3) is 0 Å². The third kappa shape index (κ3) is 3.22. The maximum atomic E-state index is 7.90. The zero-order valence-corrected chi connectivity index (χ0v) is 10.8. The van der Waals surface area contributed by atoms with Crippen LogP contribution in [0.2, 0.25) is 0 Å². The van der Waals surface area contributed by atoms with Gasteiger partial charge in [-0.1, -0.05) is 17.6 Å². The predicted molar refractivity (Wildman–Crippen MR) is 77.9 cm³/mol. The van der Waals surface area contributed by atoms with Gasteiger partial charge in [-0.05, 0) is 31.2 Å². The predicted octanol–water partition coefficient (Wildman–Crippen LogP) is 2.09. The first-order valence-electron chi connectivity index (χ1n) is 4.89. The van der Waals surface area contributed by atoms with Crippen LogP contribution in [0.15, 0.2) is 18.2 Å². The summed E-state index contributed by atoms with van der Waals surface area (Å²) in [6, 6.07) is 5.33. The molecule has 2 rings (SSSR count). The minimum Gasteiger partial charge on any atom is -0.398 e. The van der Waals surface area contributed by atoms with Gasteiger partial charge in [-0.3, -0.25) is 0 Å². The van der Waals surface area contributed by atoms with Gasteiger partial charge in [0.1, 0.15) is 7.85 Å². The van der Waals surface area contributed by atoms with Crippen LogP contribution in [0.1, 0.15) is 26.3 Å². The Kier molecular flexibility index (Phi) is 4.19. The third-order valence-corrected chi connectivity index (χ3v) is 2.59. The van der Waals surface area contributed by atoms with E-state index in [0.717, 1.165) is 12.0 Å². The molecule has 0 saturated heterocycles. The van der Waals surface area contributed by atoms with Crippen molar-refractivity contribution < 1.29 is 1.43 Å². The summed E-state index contributed by atoms with van der Waals surface area (Å²) in [5, 5.41) is 7.90. The average Bonchev–Trinajstić information content (AvgIpc) is 2.93. The van der Waals surface area contributed by atoms with Crippen LogP contribution in [-0.2, 0) is 0 Å². The molecule has 0 heterocycles. The van der Waals surface area contributed by atoms with Crippen molar-refractivity contribution in [1.29, 1.82) is 5.41 Å². The smallest absolute Gasteiger partial charge is 0.113 e. The van der Waals surface area contributed by atoms with Crippen molar-refractivity contribution in [2.75, 3.05) is 5.73 Å². The summed E-state index contributed by atoms with van der Waals surface area (Å²) >= 11 is 0. The molecule has 1 fully saturated rings. The van der Waals surface area contributed by atoms with Crippen LogP contribution in [0.3, 0.4) is 0 Å². The Balaban J connectivity index is 0.00000112. The molecule has 0 aliphatic heterocycles. The fraction of sp³-hybridized carbons (Fsp3) is 0.364. The van der Waals surface area contributed by atoms with Gasteiger partial charge in [0.25, 0.3) is 0 Å². The van der Waals surface area contributed by atoms with E-state index in [1.165, 1.54) is 12.8 Å². The molecular weight excluding hydrogens is 298 g/mol. The maximum Gasteiger partial charge on any atom is 0.113 e. The summed E-state index contributed by atoms with van der Waals surface area (Å²) in [5.74, 6) is 0.711. The number of benzene rings is 1. The molecule has 0 unspecified atom stereocenters. The van der Waals surface area contributed by atoms with Gasteiger partial charge in [0.2, 0.25) is 0 Å². The van der Waals surface area contributed by atoms with Gasteiger partial charge in [-0.2, -0.15) is 0 Å². The third-order valence-electron chi connectivity index (χ3n) is 2.59. The van der Waals surface area contributed by atoms with Crippen LogP contribution in [0.4, 0.5) is 5.69 Å². The second-order valence-electron chi connectivity index (χ2n) is 3.97. The van der Waals surface area contributed by atoms with Crippen molar-refractivity contribution in [3.63, 3.8) is 0 Å². The molecule has 1 aliphatic rings. The SMILES string of the molecule is I.[B]c1ccc(N)c(C(=N)CC2CC2)c1.[HH]. The minimum absolute atomic E-state index is 0. The van der Waals surface area contributed by atoms with E-state index in [4.69, 9.17) is 19.0 Å². The molecule has 0 atom stereocenters. The Bertz CT molecular complexity index is 380. The van der Waals surface area contributed by atoms with Gasteiger partial charge >= 0.3 is 0 Å². The molecule has 0 amide bonds. The van der Waals surface area contributed by atoms with Gasteiger partial charge < -0.3 is 11.1 Å². The standard InChI is InChI=1S/C11H13BN2.HI.H2/c12-8-3-4-10(13)9(6-8)11(14)5-7-1-2-7;;/h3-4,6-7,14H,1-2,5,13H2;2*1H. The van der Waals surface area contributed by atoms with Crippen LogP contribution in [0, 0.1) is 11.3 Å². The molecule has 2 radical (unpaired) electrons. The van der Waals surface area contributed by atoms with E-state index >= 15 is 0 Å². The van der Waals surface area contributed by atoms with Crippen molar-refractivity contribution in [3.05, 3.63) is 23.8 Å². The highest BCUT2D eigenvalue weighted by Crippen LogP contribution is 2.33. The van der Waals surface area contributed by atoms with Crippen LogP contribution in [0.5, 0.6) is 0 Å². The molecule has 1 aromatic carbocycles. The normalized spacial score (nSPS) is 14.4. The number of hydrogen-bond donors (Lipinski definition) is 2. The number of nitrogen functional groups attached to an aromatic ring is 1. The first-order chi connectivity index (χ1) is 6.66. The number of nitrogens with one attached hydrogen (secondary N) is 1. The molecule has 1 aromatic rings. The number of anilines is 1. The van der Waals surface area contributed by atoms with Crippen molar-refractivity contribution in [3.8, 4) is 0 Å². The number of hydrogen-bond acceptors (Lipinski definition) is 2. The van der Waals surface area contributed by atoms with E-state index < -0.39 is 0 Å². The lowest BCUT2D eigenvalue weighted by atomic mass is 9.91. The first kappa shape index (κ1) is 12.6. The highest BCUT2D eigenvalue weighted by atomic mass is 127. The lowest BCUT2D eigenvalue weighted by molar-refractivity contribution is 0.890. The summed E-state index contributed by atoms with van der Waals surface area (Å²) in [4.78, 5) is 0. The zero-order chi connectivity index (χ0) is 10.1. The second kappa shape index (κ2) is 5.01. The Morgan fingerprint density at radius 2 is 2.20 bits per heavy atom. The molecule has 3 N–H and O–H groups in total. The zero-order valence-electron chi connectivity index (χ0n) is 8.49. The minimum atomic E-state index is 0. The highest BCUT2D eigenvalue weighted by Gasteiger charge is 2.23. The van der Waals surface area contributed by atoms with Crippen LogP contribution in [-0.4, -0.2) is 13.6 Å². The summed E-state index contributed by atoms with van der Waals surface area (Å²) in [6.45, 7) is 0. The summed E-state index contributed by atoms with van der Waals surface area (Å²) in [7, 11) is 5.66. The molecular formula is C11H16BIN2. The topological polar surface area (TPSA) is 49.9 Å². The first-order valence-corrected chi connectivity index (χ1v) is 4.89. The largest absolute Gasteiger partial charge is 0.398 e. The Hall–Kier alpha value is -0.515. The van der Waals surface area contributed by atoms with Crippen molar-refractivity contribution in [2.24, 2.45) is 5.92 Å². The van der Waals surface area contributed by atoms with Crippen molar-refractivity contribution in [2.45, 2.75) is 19.3 Å².